The zero-order chi connectivity index (χ0) is 12.8. The summed E-state index contributed by atoms with van der Waals surface area (Å²) >= 11 is 0. The molecule has 94 valence electrons. The molecule has 1 atom stereocenters. The van der Waals surface area contributed by atoms with Gasteiger partial charge in [0.1, 0.15) is 0 Å². The molecule has 0 aliphatic carbocycles. The number of pyridine rings is 1. The Morgan fingerprint density at radius 3 is 2.56 bits per heavy atom. The van der Waals surface area contributed by atoms with E-state index in [1.807, 2.05) is 24.4 Å². The van der Waals surface area contributed by atoms with Crippen molar-refractivity contribution in [3.05, 3.63) is 59.8 Å². The van der Waals surface area contributed by atoms with E-state index in [0.29, 0.717) is 11.9 Å². The van der Waals surface area contributed by atoms with E-state index in [0.717, 1.165) is 12.1 Å². The maximum Gasteiger partial charge on any atom is 0.212 e. The lowest BCUT2D eigenvalue weighted by molar-refractivity contribution is 0.397. The summed E-state index contributed by atoms with van der Waals surface area (Å²) in [6.45, 7) is 2.96. The molecule has 0 saturated heterocycles. The van der Waals surface area contributed by atoms with Crippen LogP contribution in [0.15, 0.2) is 48.7 Å². The Labute approximate surface area is 108 Å². The van der Waals surface area contributed by atoms with Gasteiger partial charge in [-0.05, 0) is 18.1 Å². The van der Waals surface area contributed by atoms with E-state index >= 15 is 0 Å². The van der Waals surface area contributed by atoms with E-state index in [-0.39, 0.29) is 0 Å². The summed E-state index contributed by atoms with van der Waals surface area (Å²) in [5, 5.41) is 3.47. The Balaban J connectivity index is 1.91. The highest BCUT2D eigenvalue weighted by Crippen LogP contribution is 2.12. The van der Waals surface area contributed by atoms with Gasteiger partial charge in [-0.15, -0.1) is 0 Å². The highest BCUT2D eigenvalue weighted by atomic mass is 16.5. The van der Waals surface area contributed by atoms with Gasteiger partial charge in [0.2, 0.25) is 5.88 Å². The molecule has 0 fully saturated rings. The monoisotopic (exact) mass is 242 g/mol. The standard InChI is InChI=1S/C15H18N2O/c1-12(14-6-4-3-5-7-14)16-10-13-8-9-15(18-2)17-11-13/h3-9,11-12,16H,10H2,1-2H3/t12-/m0/s1. The molecule has 0 spiro atoms. The molecule has 0 saturated carbocycles. The number of nitrogens with zero attached hydrogens (tertiary/aromatic N) is 1. The SMILES string of the molecule is COc1ccc(CN[C@@H](C)c2ccccc2)cn1. The number of hydrogen-bond donors (Lipinski definition) is 1. The van der Waals surface area contributed by atoms with Crippen LogP contribution in [-0.4, -0.2) is 12.1 Å². The Hall–Kier alpha value is -1.87. The highest BCUT2D eigenvalue weighted by Gasteiger charge is 2.04. The van der Waals surface area contributed by atoms with Crippen LogP contribution >= 0.6 is 0 Å². The third-order valence-corrected chi connectivity index (χ3v) is 2.92. The van der Waals surface area contributed by atoms with Crippen molar-refractivity contribution in [3.8, 4) is 5.88 Å². The first kappa shape index (κ1) is 12.6. The topological polar surface area (TPSA) is 34.1 Å². The van der Waals surface area contributed by atoms with Crippen molar-refractivity contribution >= 4 is 0 Å². The zero-order valence-corrected chi connectivity index (χ0v) is 10.8. The van der Waals surface area contributed by atoms with Gasteiger partial charge in [0.15, 0.2) is 0 Å². The summed E-state index contributed by atoms with van der Waals surface area (Å²) in [5.74, 6) is 0.648. The smallest absolute Gasteiger partial charge is 0.212 e. The second kappa shape index (κ2) is 6.17. The molecular formula is C15H18N2O. The minimum absolute atomic E-state index is 0.327. The molecule has 3 heteroatoms. The number of benzene rings is 1. The number of aromatic nitrogens is 1. The van der Waals surface area contributed by atoms with Gasteiger partial charge >= 0.3 is 0 Å². The Bertz CT molecular complexity index is 468. The minimum Gasteiger partial charge on any atom is -0.481 e. The van der Waals surface area contributed by atoms with Crippen molar-refractivity contribution in [1.82, 2.24) is 10.3 Å². The molecule has 0 aliphatic heterocycles. The number of hydrogen-bond acceptors (Lipinski definition) is 3. The Morgan fingerprint density at radius 2 is 1.94 bits per heavy atom. The van der Waals surface area contributed by atoms with Crippen LogP contribution in [0.4, 0.5) is 0 Å². The van der Waals surface area contributed by atoms with Crippen LogP contribution in [0.2, 0.25) is 0 Å². The first-order valence-corrected chi connectivity index (χ1v) is 6.07. The van der Waals surface area contributed by atoms with Crippen molar-refractivity contribution in [3.63, 3.8) is 0 Å². The molecule has 1 aromatic carbocycles. The van der Waals surface area contributed by atoms with Crippen LogP contribution in [0.1, 0.15) is 24.1 Å². The second-order valence-electron chi connectivity index (χ2n) is 4.22. The predicted octanol–water partition coefficient (Wildman–Crippen LogP) is 2.94. The average molecular weight is 242 g/mol. The van der Waals surface area contributed by atoms with Crippen LogP contribution in [0, 0.1) is 0 Å². The highest BCUT2D eigenvalue weighted by molar-refractivity contribution is 5.20. The van der Waals surface area contributed by atoms with Crippen molar-refractivity contribution in [2.75, 3.05) is 7.11 Å². The number of nitrogens with one attached hydrogen (secondary N) is 1. The van der Waals surface area contributed by atoms with Crippen molar-refractivity contribution in [1.29, 1.82) is 0 Å². The summed E-state index contributed by atoms with van der Waals surface area (Å²) in [7, 11) is 1.62. The van der Waals surface area contributed by atoms with Crippen LogP contribution in [0.5, 0.6) is 5.88 Å². The minimum atomic E-state index is 0.327. The molecule has 0 unspecified atom stereocenters. The van der Waals surface area contributed by atoms with Crippen molar-refractivity contribution in [2.45, 2.75) is 19.5 Å². The predicted molar refractivity (Wildman–Crippen MR) is 72.5 cm³/mol. The van der Waals surface area contributed by atoms with Crippen LogP contribution in [0.25, 0.3) is 0 Å². The molecule has 0 amide bonds. The molecule has 2 rings (SSSR count). The fourth-order valence-corrected chi connectivity index (χ4v) is 1.77. The first-order valence-electron chi connectivity index (χ1n) is 6.07. The fraction of sp³-hybridized carbons (Fsp3) is 0.267. The molecule has 0 radical (unpaired) electrons. The van der Waals surface area contributed by atoms with E-state index in [9.17, 15) is 0 Å². The summed E-state index contributed by atoms with van der Waals surface area (Å²) in [6, 6.07) is 14.6. The van der Waals surface area contributed by atoms with Crippen molar-refractivity contribution < 1.29 is 4.74 Å². The summed E-state index contributed by atoms with van der Waals surface area (Å²) in [4.78, 5) is 4.19. The van der Waals surface area contributed by atoms with Crippen LogP contribution in [0.3, 0.4) is 0 Å². The van der Waals surface area contributed by atoms with Gasteiger partial charge in [0.05, 0.1) is 7.11 Å². The van der Waals surface area contributed by atoms with Crippen molar-refractivity contribution in [2.24, 2.45) is 0 Å². The molecule has 2 aromatic rings. The molecule has 1 N–H and O–H groups in total. The maximum absolute atomic E-state index is 5.03. The lowest BCUT2D eigenvalue weighted by Crippen LogP contribution is -2.18. The van der Waals surface area contributed by atoms with E-state index in [4.69, 9.17) is 4.74 Å². The third-order valence-electron chi connectivity index (χ3n) is 2.92. The molecule has 18 heavy (non-hydrogen) atoms. The lowest BCUT2D eigenvalue weighted by atomic mass is 10.1. The normalized spacial score (nSPS) is 12.1. The fourth-order valence-electron chi connectivity index (χ4n) is 1.77. The van der Waals surface area contributed by atoms with E-state index in [1.165, 1.54) is 5.56 Å². The molecule has 0 bridgehead atoms. The van der Waals surface area contributed by atoms with Gasteiger partial charge in [-0.25, -0.2) is 4.98 Å². The number of methoxy groups -OCH3 is 1. The number of ether oxygens (including phenoxy) is 1. The Kier molecular flexibility index (Phi) is 4.31. The first-order chi connectivity index (χ1) is 8.79. The van der Waals surface area contributed by atoms with Gasteiger partial charge in [-0.3, -0.25) is 0 Å². The van der Waals surface area contributed by atoms with Crippen LogP contribution < -0.4 is 10.1 Å². The van der Waals surface area contributed by atoms with E-state index in [2.05, 4.69) is 41.5 Å². The van der Waals surface area contributed by atoms with Crippen LogP contribution in [-0.2, 0) is 6.54 Å². The molecule has 1 heterocycles. The van der Waals surface area contributed by atoms with Gasteiger partial charge in [0, 0.05) is 24.8 Å². The summed E-state index contributed by atoms with van der Waals surface area (Å²) in [5.41, 5.74) is 2.44. The quantitative estimate of drug-likeness (QED) is 0.875. The Morgan fingerprint density at radius 1 is 1.17 bits per heavy atom. The van der Waals surface area contributed by atoms with E-state index in [1.54, 1.807) is 7.11 Å². The molecule has 3 nitrogen and oxygen atoms in total. The van der Waals surface area contributed by atoms with E-state index < -0.39 is 0 Å². The van der Waals surface area contributed by atoms with Gasteiger partial charge in [-0.1, -0.05) is 36.4 Å². The second-order valence-corrected chi connectivity index (χ2v) is 4.22. The van der Waals surface area contributed by atoms with Gasteiger partial charge in [-0.2, -0.15) is 0 Å². The van der Waals surface area contributed by atoms with Gasteiger partial charge < -0.3 is 10.1 Å². The average Bonchev–Trinajstić information content (AvgIpc) is 2.46. The number of rotatable bonds is 5. The summed E-state index contributed by atoms with van der Waals surface area (Å²) in [6.07, 6.45) is 1.84. The molecule has 0 aliphatic rings. The molecule has 1 aromatic heterocycles. The third kappa shape index (κ3) is 3.31. The summed E-state index contributed by atoms with van der Waals surface area (Å²) < 4.78 is 5.03. The van der Waals surface area contributed by atoms with Gasteiger partial charge in [0.25, 0.3) is 0 Å². The lowest BCUT2D eigenvalue weighted by Gasteiger charge is -2.14. The zero-order valence-electron chi connectivity index (χ0n) is 10.8. The largest absolute Gasteiger partial charge is 0.481 e. The molecular weight excluding hydrogens is 224 g/mol. The maximum atomic E-state index is 5.03.